The summed E-state index contributed by atoms with van der Waals surface area (Å²) in [5.74, 6) is -1.30. The van der Waals surface area contributed by atoms with Gasteiger partial charge in [0.05, 0.1) is 11.9 Å². The smallest absolute Gasteiger partial charge is 0.240 e. The zero-order valence-corrected chi connectivity index (χ0v) is 14.4. The molecule has 0 aliphatic carbocycles. The molecule has 0 aromatic heterocycles. The normalized spacial score (nSPS) is 18.3. The first-order valence-electron chi connectivity index (χ1n) is 7.80. The number of hydrogen-bond acceptors (Lipinski definition) is 5. The number of amidine groups is 1. The van der Waals surface area contributed by atoms with Crippen molar-refractivity contribution in [2.24, 2.45) is 10.2 Å². The second kappa shape index (κ2) is 8.39. The Morgan fingerprint density at radius 1 is 1.19 bits per heavy atom. The first-order valence-corrected chi connectivity index (χ1v) is 8.68. The van der Waals surface area contributed by atoms with Gasteiger partial charge in [-0.25, -0.2) is 4.39 Å². The molecule has 1 atom stereocenters. The van der Waals surface area contributed by atoms with Crippen molar-refractivity contribution in [2.75, 3.05) is 5.32 Å². The van der Waals surface area contributed by atoms with E-state index in [0.717, 1.165) is 17.3 Å². The molecule has 1 unspecified atom stereocenters. The molecular weight excluding hydrogens is 355 g/mol. The topological polar surface area (TPSA) is 82.9 Å². The van der Waals surface area contributed by atoms with Gasteiger partial charge in [-0.1, -0.05) is 54.2 Å². The Hall–Kier alpha value is -3.00. The summed E-state index contributed by atoms with van der Waals surface area (Å²) >= 11 is 1.12. The number of carbonyl (C=O) groups is 2. The molecule has 1 fully saturated rings. The van der Waals surface area contributed by atoms with Crippen molar-refractivity contribution < 1.29 is 14.0 Å². The molecule has 2 aromatic rings. The molecule has 132 valence electrons. The Kier molecular flexibility index (Phi) is 5.75. The standard InChI is InChI=1S/C18H15FN4O2S/c19-13-8-4-5-9-14(13)21-16(24)10-15-17(25)22-18(26-15)23-20-11-12-6-2-1-3-7-12/h1-9,11,15H,10H2,(H,21,24)(H,22,23,25)/b20-11+. The van der Waals surface area contributed by atoms with E-state index in [-0.39, 0.29) is 18.0 Å². The van der Waals surface area contributed by atoms with Crippen LogP contribution in [0.2, 0.25) is 0 Å². The van der Waals surface area contributed by atoms with Crippen molar-refractivity contribution in [1.29, 1.82) is 0 Å². The molecule has 0 radical (unpaired) electrons. The Labute approximate surface area is 153 Å². The number of thioether (sulfide) groups is 1. The lowest BCUT2D eigenvalue weighted by Crippen LogP contribution is -2.28. The third-order valence-corrected chi connectivity index (χ3v) is 4.52. The van der Waals surface area contributed by atoms with E-state index in [1.54, 1.807) is 12.3 Å². The van der Waals surface area contributed by atoms with E-state index in [1.165, 1.54) is 18.2 Å². The first-order chi connectivity index (χ1) is 12.6. The molecule has 0 bridgehead atoms. The summed E-state index contributed by atoms with van der Waals surface area (Å²) in [5, 5.41) is 12.6. The van der Waals surface area contributed by atoms with Crippen LogP contribution in [0, 0.1) is 5.82 Å². The summed E-state index contributed by atoms with van der Waals surface area (Å²) < 4.78 is 13.5. The minimum absolute atomic E-state index is 0.0854. The number of nitrogens with one attached hydrogen (secondary N) is 2. The van der Waals surface area contributed by atoms with Gasteiger partial charge >= 0.3 is 0 Å². The largest absolute Gasteiger partial charge is 0.324 e. The van der Waals surface area contributed by atoms with Gasteiger partial charge in [-0.15, -0.1) is 5.10 Å². The summed E-state index contributed by atoms with van der Waals surface area (Å²) in [5.41, 5.74) is 0.967. The average molecular weight is 370 g/mol. The maximum Gasteiger partial charge on any atom is 0.240 e. The van der Waals surface area contributed by atoms with E-state index >= 15 is 0 Å². The molecule has 2 N–H and O–H groups in total. The number of rotatable bonds is 5. The van der Waals surface area contributed by atoms with Gasteiger partial charge in [0.15, 0.2) is 5.17 Å². The molecule has 2 aromatic carbocycles. The minimum atomic E-state index is -0.632. The molecule has 8 heteroatoms. The predicted molar refractivity (Wildman–Crippen MR) is 101 cm³/mol. The van der Waals surface area contributed by atoms with E-state index in [1.807, 2.05) is 30.3 Å². The lowest BCUT2D eigenvalue weighted by Gasteiger charge is -2.07. The Balaban J connectivity index is 1.56. The second-order valence-electron chi connectivity index (χ2n) is 5.39. The monoisotopic (exact) mass is 370 g/mol. The fourth-order valence-electron chi connectivity index (χ4n) is 2.21. The highest BCUT2D eigenvalue weighted by atomic mass is 32.2. The summed E-state index contributed by atoms with van der Waals surface area (Å²) in [7, 11) is 0. The van der Waals surface area contributed by atoms with Gasteiger partial charge in [0.25, 0.3) is 0 Å². The van der Waals surface area contributed by atoms with Crippen LogP contribution < -0.4 is 10.6 Å². The summed E-state index contributed by atoms with van der Waals surface area (Å²) in [4.78, 5) is 24.0. The number of nitrogens with zero attached hydrogens (tertiary/aromatic N) is 2. The van der Waals surface area contributed by atoms with Crippen molar-refractivity contribution in [3.8, 4) is 0 Å². The molecular formula is C18H15FN4O2S. The van der Waals surface area contributed by atoms with Crippen molar-refractivity contribution in [1.82, 2.24) is 5.32 Å². The zero-order chi connectivity index (χ0) is 18.4. The van der Waals surface area contributed by atoms with Crippen molar-refractivity contribution in [3.63, 3.8) is 0 Å². The van der Waals surface area contributed by atoms with E-state index in [2.05, 4.69) is 20.8 Å². The van der Waals surface area contributed by atoms with Gasteiger partial charge in [0.2, 0.25) is 11.8 Å². The molecule has 26 heavy (non-hydrogen) atoms. The summed E-state index contributed by atoms with van der Waals surface area (Å²) in [6.07, 6.45) is 1.48. The van der Waals surface area contributed by atoms with Crippen LogP contribution >= 0.6 is 11.8 Å². The summed E-state index contributed by atoms with van der Waals surface area (Å²) in [6, 6.07) is 15.3. The fourth-order valence-corrected chi connectivity index (χ4v) is 3.13. The highest BCUT2D eigenvalue weighted by Crippen LogP contribution is 2.23. The number of halogens is 1. The molecule has 0 spiro atoms. The number of benzene rings is 2. The van der Waals surface area contributed by atoms with Crippen LogP contribution in [0.5, 0.6) is 0 Å². The van der Waals surface area contributed by atoms with E-state index < -0.39 is 17.0 Å². The lowest BCUT2D eigenvalue weighted by atomic mass is 10.2. The van der Waals surface area contributed by atoms with Gasteiger partial charge in [-0.05, 0) is 17.7 Å². The third-order valence-electron chi connectivity index (χ3n) is 3.45. The first kappa shape index (κ1) is 17.8. The van der Waals surface area contributed by atoms with Gasteiger partial charge in [-0.3, -0.25) is 9.59 Å². The van der Waals surface area contributed by atoms with Crippen LogP contribution in [0.25, 0.3) is 0 Å². The number of hydrogen-bond donors (Lipinski definition) is 2. The Bertz CT molecular complexity index is 871. The molecule has 1 saturated heterocycles. The van der Waals surface area contributed by atoms with Gasteiger partial charge in [-0.2, -0.15) is 5.10 Å². The number of carbonyl (C=O) groups excluding carboxylic acids is 2. The highest BCUT2D eigenvalue weighted by molar-refractivity contribution is 8.15. The SMILES string of the molecule is O=C(CC1S/C(=N\N=C\c2ccccc2)NC1=O)Nc1ccccc1F. The fraction of sp³-hybridized carbons (Fsp3) is 0.111. The van der Waals surface area contributed by atoms with Crippen LogP contribution in [0.3, 0.4) is 0 Å². The van der Waals surface area contributed by atoms with E-state index in [0.29, 0.717) is 5.17 Å². The van der Waals surface area contributed by atoms with Crippen molar-refractivity contribution in [2.45, 2.75) is 11.7 Å². The predicted octanol–water partition coefficient (Wildman–Crippen LogP) is 2.78. The lowest BCUT2D eigenvalue weighted by molar-refractivity contribution is -0.122. The maximum atomic E-state index is 13.5. The van der Waals surface area contributed by atoms with Gasteiger partial charge in [0, 0.05) is 6.42 Å². The minimum Gasteiger partial charge on any atom is -0.324 e. The molecule has 2 amide bonds. The zero-order valence-electron chi connectivity index (χ0n) is 13.6. The van der Waals surface area contributed by atoms with Crippen LogP contribution in [0.15, 0.2) is 64.8 Å². The highest BCUT2D eigenvalue weighted by Gasteiger charge is 2.32. The Morgan fingerprint density at radius 3 is 2.69 bits per heavy atom. The van der Waals surface area contributed by atoms with Crippen LogP contribution in [0.4, 0.5) is 10.1 Å². The number of anilines is 1. The molecule has 1 aliphatic heterocycles. The van der Waals surface area contributed by atoms with Gasteiger partial charge in [0.1, 0.15) is 11.1 Å². The third kappa shape index (κ3) is 4.76. The second-order valence-corrected chi connectivity index (χ2v) is 6.58. The molecule has 1 heterocycles. The number of para-hydroxylation sites is 1. The van der Waals surface area contributed by atoms with Gasteiger partial charge < -0.3 is 10.6 Å². The number of amides is 2. The Morgan fingerprint density at radius 2 is 1.92 bits per heavy atom. The van der Waals surface area contributed by atoms with Crippen molar-refractivity contribution in [3.05, 3.63) is 66.0 Å². The van der Waals surface area contributed by atoms with Crippen LogP contribution in [-0.4, -0.2) is 28.4 Å². The average Bonchev–Trinajstić information content (AvgIpc) is 2.97. The van der Waals surface area contributed by atoms with Crippen LogP contribution in [-0.2, 0) is 9.59 Å². The van der Waals surface area contributed by atoms with E-state index in [4.69, 9.17) is 0 Å². The van der Waals surface area contributed by atoms with Crippen LogP contribution in [0.1, 0.15) is 12.0 Å². The van der Waals surface area contributed by atoms with Crippen molar-refractivity contribution >= 4 is 40.6 Å². The molecule has 1 aliphatic rings. The quantitative estimate of drug-likeness (QED) is 0.627. The molecule has 0 saturated carbocycles. The van der Waals surface area contributed by atoms with E-state index in [9.17, 15) is 14.0 Å². The summed E-state index contributed by atoms with van der Waals surface area (Å²) in [6.45, 7) is 0. The molecule has 6 nitrogen and oxygen atoms in total. The molecule has 3 rings (SSSR count). The maximum absolute atomic E-state index is 13.5.